The van der Waals surface area contributed by atoms with Crippen molar-refractivity contribution < 1.29 is 33.7 Å². The van der Waals surface area contributed by atoms with Crippen LogP contribution in [0.1, 0.15) is 80.6 Å². The van der Waals surface area contributed by atoms with E-state index in [0.717, 1.165) is 11.1 Å². The molecule has 0 aromatic carbocycles. The molecule has 2 bridgehead atoms. The molecule has 3 aliphatic rings. The van der Waals surface area contributed by atoms with Gasteiger partial charge in [0, 0.05) is 38.5 Å². The number of aliphatic hydroxyl groups excluding tert-OH is 1. The van der Waals surface area contributed by atoms with Crippen LogP contribution in [0.3, 0.4) is 0 Å². The third kappa shape index (κ3) is 4.68. The third-order valence-corrected chi connectivity index (χ3v) is 8.29. The van der Waals surface area contributed by atoms with Crippen molar-refractivity contribution in [3.63, 3.8) is 0 Å². The lowest BCUT2D eigenvalue weighted by Crippen LogP contribution is -2.60. The molecule has 0 aliphatic heterocycles. The molecule has 2 fully saturated rings. The zero-order valence-electron chi connectivity index (χ0n) is 21.6. The number of carbonyl (C=O) groups excluding carboxylic acids is 3. The molecule has 0 amide bonds. The number of esters is 3. The minimum Gasteiger partial charge on any atom is -0.462 e. The Balaban J connectivity index is 2.22. The summed E-state index contributed by atoms with van der Waals surface area (Å²) >= 11 is 0. The molecule has 0 radical (unpaired) electrons. The summed E-state index contributed by atoms with van der Waals surface area (Å²) < 4.78 is 17.6. The topological polar surface area (TPSA) is 99.1 Å². The van der Waals surface area contributed by atoms with Crippen molar-refractivity contribution in [3.05, 3.63) is 23.3 Å². The molecule has 7 atom stereocenters. The highest BCUT2D eigenvalue weighted by Crippen LogP contribution is 2.60. The molecular formula is C27H40O7. The Morgan fingerprint density at radius 3 is 2.26 bits per heavy atom. The molecule has 7 nitrogen and oxygen atoms in total. The summed E-state index contributed by atoms with van der Waals surface area (Å²) in [7, 11) is 0. The Labute approximate surface area is 202 Å². The Kier molecular flexibility index (Phi) is 7.38. The zero-order valence-corrected chi connectivity index (χ0v) is 21.6. The minimum atomic E-state index is -0.691. The molecule has 0 aromatic heterocycles. The van der Waals surface area contributed by atoms with Gasteiger partial charge in [-0.2, -0.15) is 0 Å². The molecule has 1 N–H and O–H groups in total. The molecular weight excluding hydrogens is 436 g/mol. The second-order valence-corrected chi connectivity index (χ2v) is 11.2. The van der Waals surface area contributed by atoms with Gasteiger partial charge in [-0.1, -0.05) is 39.8 Å². The van der Waals surface area contributed by atoms with E-state index in [2.05, 4.69) is 13.5 Å². The highest BCUT2D eigenvalue weighted by Gasteiger charge is 2.60. The fourth-order valence-corrected chi connectivity index (χ4v) is 7.14. The summed E-state index contributed by atoms with van der Waals surface area (Å²) in [6.07, 6.45) is 0.0717. The molecule has 3 rings (SSSR count). The van der Waals surface area contributed by atoms with Crippen molar-refractivity contribution in [2.45, 2.75) is 105 Å². The third-order valence-electron chi connectivity index (χ3n) is 8.29. The largest absolute Gasteiger partial charge is 0.462 e. The van der Waals surface area contributed by atoms with Crippen LogP contribution in [0.15, 0.2) is 23.3 Å². The number of rotatable bonds is 4. The van der Waals surface area contributed by atoms with E-state index < -0.39 is 53.1 Å². The van der Waals surface area contributed by atoms with Gasteiger partial charge in [-0.05, 0) is 48.2 Å². The summed E-state index contributed by atoms with van der Waals surface area (Å²) in [5, 5.41) is 11.5. The van der Waals surface area contributed by atoms with Gasteiger partial charge in [0.05, 0.1) is 6.10 Å². The molecule has 34 heavy (non-hydrogen) atoms. The van der Waals surface area contributed by atoms with Gasteiger partial charge in [-0.3, -0.25) is 14.4 Å². The number of aliphatic hydroxyl groups is 1. The van der Waals surface area contributed by atoms with Crippen molar-refractivity contribution in [2.75, 3.05) is 0 Å². The van der Waals surface area contributed by atoms with Gasteiger partial charge >= 0.3 is 17.9 Å². The molecule has 0 saturated heterocycles. The van der Waals surface area contributed by atoms with Crippen LogP contribution in [-0.4, -0.2) is 47.4 Å². The second kappa shape index (κ2) is 9.48. The maximum atomic E-state index is 12.4. The number of hydrogen-bond acceptors (Lipinski definition) is 7. The maximum Gasteiger partial charge on any atom is 0.305 e. The Morgan fingerprint density at radius 1 is 1.09 bits per heavy atom. The molecule has 7 heteroatoms. The van der Waals surface area contributed by atoms with Gasteiger partial charge in [0.2, 0.25) is 0 Å². The normalized spacial score (nSPS) is 37.1. The smallest absolute Gasteiger partial charge is 0.305 e. The molecule has 0 aromatic rings. The second-order valence-electron chi connectivity index (χ2n) is 11.2. The van der Waals surface area contributed by atoms with E-state index in [1.54, 1.807) is 6.92 Å². The van der Waals surface area contributed by atoms with Gasteiger partial charge in [0.15, 0.2) is 0 Å². The Hall–Kier alpha value is -2.15. The van der Waals surface area contributed by atoms with Gasteiger partial charge < -0.3 is 19.3 Å². The molecule has 190 valence electrons. The van der Waals surface area contributed by atoms with E-state index in [-0.39, 0.29) is 18.3 Å². The number of hydrogen-bond donors (Lipinski definition) is 1. The van der Waals surface area contributed by atoms with Crippen molar-refractivity contribution in [2.24, 2.45) is 22.7 Å². The Morgan fingerprint density at radius 2 is 1.71 bits per heavy atom. The first-order valence-electron chi connectivity index (χ1n) is 12.3. The van der Waals surface area contributed by atoms with Crippen LogP contribution in [0.4, 0.5) is 0 Å². The van der Waals surface area contributed by atoms with Crippen LogP contribution in [-0.2, 0) is 28.6 Å². The van der Waals surface area contributed by atoms with Crippen LogP contribution in [0.5, 0.6) is 0 Å². The van der Waals surface area contributed by atoms with E-state index >= 15 is 0 Å². The van der Waals surface area contributed by atoms with Gasteiger partial charge in [-0.25, -0.2) is 0 Å². The monoisotopic (exact) mass is 476 g/mol. The molecule has 2 saturated carbocycles. The number of fused-ring (bicyclic) bond motifs is 3. The van der Waals surface area contributed by atoms with E-state index in [1.165, 1.54) is 13.8 Å². The van der Waals surface area contributed by atoms with E-state index in [0.29, 0.717) is 31.3 Å². The van der Waals surface area contributed by atoms with Crippen LogP contribution in [0.25, 0.3) is 0 Å². The van der Waals surface area contributed by atoms with Gasteiger partial charge in [0.1, 0.15) is 18.3 Å². The van der Waals surface area contributed by atoms with Crippen molar-refractivity contribution >= 4 is 17.9 Å². The van der Waals surface area contributed by atoms with Crippen LogP contribution >= 0.6 is 0 Å². The average molecular weight is 477 g/mol. The first-order valence-corrected chi connectivity index (χ1v) is 12.3. The van der Waals surface area contributed by atoms with Gasteiger partial charge in [-0.15, -0.1) is 0 Å². The molecule has 3 aliphatic carbocycles. The van der Waals surface area contributed by atoms with Crippen molar-refractivity contribution in [1.29, 1.82) is 0 Å². The minimum absolute atomic E-state index is 0.239. The van der Waals surface area contributed by atoms with Crippen molar-refractivity contribution in [3.8, 4) is 0 Å². The summed E-state index contributed by atoms with van der Waals surface area (Å²) in [5.74, 6) is -1.92. The van der Waals surface area contributed by atoms with Crippen LogP contribution in [0.2, 0.25) is 0 Å². The first kappa shape index (κ1) is 26.5. The fourth-order valence-electron chi connectivity index (χ4n) is 7.14. The lowest BCUT2D eigenvalue weighted by molar-refractivity contribution is -0.184. The molecule has 0 spiro atoms. The number of ether oxygens (including phenoxy) is 3. The quantitative estimate of drug-likeness (QED) is 0.367. The fraction of sp³-hybridized carbons (Fsp3) is 0.741. The van der Waals surface area contributed by atoms with E-state index in [4.69, 9.17) is 14.2 Å². The first-order chi connectivity index (χ1) is 15.7. The zero-order chi connectivity index (χ0) is 25.6. The number of carbonyl (C=O) groups is 3. The van der Waals surface area contributed by atoms with Crippen LogP contribution < -0.4 is 0 Å². The Bertz CT molecular complexity index is 901. The van der Waals surface area contributed by atoms with Gasteiger partial charge in [0.25, 0.3) is 0 Å². The predicted molar refractivity (Wildman–Crippen MR) is 126 cm³/mol. The maximum absolute atomic E-state index is 12.4. The highest BCUT2D eigenvalue weighted by atomic mass is 16.6. The summed E-state index contributed by atoms with van der Waals surface area (Å²) in [6.45, 7) is 17.0. The van der Waals surface area contributed by atoms with Crippen molar-refractivity contribution in [1.82, 2.24) is 0 Å². The lowest BCUT2D eigenvalue weighted by atomic mass is 9.50. The van der Waals surface area contributed by atoms with E-state index in [9.17, 15) is 19.5 Å². The summed E-state index contributed by atoms with van der Waals surface area (Å²) in [5.41, 5.74) is 1.57. The average Bonchev–Trinajstić information content (AvgIpc) is 2.67. The van der Waals surface area contributed by atoms with E-state index in [1.807, 2.05) is 20.8 Å². The highest BCUT2D eigenvalue weighted by molar-refractivity contribution is 5.69. The standard InChI is InChI=1S/C27H40O7/c1-9-21(31)34-20-12-14(2)22-18(30)13-27(8)11-10-19(32-16(4)28)15(3)23(27)25(33-17(5)29)24(20)26(22,6)7/h18-20,23-25,30H,3,9-13H2,1-2,4-8H3/t18-,19-,20-,23-,24-,25-,27-/m0/s1. The van der Waals surface area contributed by atoms with Crippen LogP contribution in [0, 0.1) is 22.7 Å². The lowest BCUT2D eigenvalue weighted by Gasteiger charge is -2.58. The molecule has 0 heterocycles. The summed E-state index contributed by atoms with van der Waals surface area (Å²) in [4.78, 5) is 36.7. The summed E-state index contributed by atoms with van der Waals surface area (Å²) in [6, 6.07) is 0. The SMILES string of the molecule is C=C1[C@@H](OC(C)=O)CC[C@@]2(C)C[C@H](O)C3=C(C)C[C@H](OC(=O)CC)[C@@H]([C@@H](OC(C)=O)[C@H]12)C3(C)C. The molecule has 0 unspecified atom stereocenters. The predicted octanol–water partition coefficient (Wildman–Crippen LogP) is 4.27.